The highest BCUT2D eigenvalue weighted by atomic mass is 16.5. The van der Waals surface area contributed by atoms with E-state index in [-0.39, 0.29) is 38.5 Å². The van der Waals surface area contributed by atoms with Crippen LogP contribution in [0.3, 0.4) is 0 Å². The normalized spacial score (nSPS) is 11.4. The molecular weight excluding hydrogens is 624 g/mol. The summed E-state index contributed by atoms with van der Waals surface area (Å²) in [4.78, 5) is 41.4. The van der Waals surface area contributed by atoms with Crippen LogP contribution in [0.2, 0.25) is 0 Å². The van der Waals surface area contributed by atoms with Crippen molar-refractivity contribution >= 4 is 18.0 Å². The van der Waals surface area contributed by atoms with Gasteiger partial charge in [-0.2, -0.15) is 0 Å². The molecule has 0 aliphatic rings. The van der Waals surface area contributed by atoms with E-state index in [1.54, 1.807) is 4.90 Å². The number of rotatable bonds is 15. The maximum atomic E-state index is 13.7. The van der Waals surface area contributed by atoms with Crippen molar-refractivity contribution in [3.05, 3.63) is 156 Å². The second kappa shape index (κ2) is 18.2. The Kier molecular flexibility index (Phi) is 12.9. The molecule has 0 spiro atoms. The van der Waals surface area contributed by atoms with Gasteiger partial charge in [0.15, 0.2) is 0 Å². The first-order valence-corrected chi connectivity index (χ1v) is 17.0. The SMILES string of the molecule is CC(C)CN(CCC(=O)OCc1ccccc1)C(=O)N[C@@H](Cc1ccc(-c2ccccc2-c2ccccc2)cc1)C(=O)OCc1ccccc1. The quantitative estimate of drug-likeness (QED) is 0.113. The molecule has 2 amide bonds. The van der Waals surface area contributed by atoms with Crippen LogP contribution in [-0.2, 0) is 38.7 Å². The summed E-state index contributed by atoms with van der Waals surface area (Å²) in [5, 5.41) is 2.93. The Morgan fingerprint density at radius 1 is 0.600 bits per heavy atom. The largest absolute Gasteiger partial charge is 0.461 e. The fourth-order valence-corrected chi connectivity index (χ4v) is 5.68. The molecule has 0 heterocycles. The number of urea groups is 1. The van der Waals surface area contributed by atoms with Gasteiger partial charge in [0.2, 0.25) is 0 Å². The molecule has 0 radical (unpaired) electrons. The summed E-state index contributed by atoms with van der Waals surface area (Å²) in [6.07, 6.45) is 0.261. The van der Waals surface area contributed by atoms with E-state index in [9.17, 15) is 14.4 Å². The van der Waals surface area contributed by atoms with Crippen LogP contribution in [0.15, 0.2) is 140 Å². The molecule has 0 fully saturated rings. The highest BCUT2D eigenvalue weighted by Gasteiger charge is 2.26. The molecule has 0 unspecified atom stereocenters. The van der Waals surface area contributed by atoms with Gasteiger partial charge in [-0.25, -0.2) is 9.59 Å². The van der Waals surface area contributed by atoms with Gasteiger partial charge in [-0.1, -0.05) is 153 Å². The molecule has 5 rings (SSSR count). The van der Waals surface area contributed by atoms with Gasteiger partial charge in [0.05, 0.1) is 6.42 Å². The van der Waals surface area contributed by atoms with Crippen LogP contribution < -0.4 is 5.32 Å². The van der Waals surface area contributed by atoms with E-state index in [1.165, 1.54) is 0 Å². The zero-order valence-corrected chi connectivity index (χ0v) is 28.7. The third-order valence-electron chi connectivity index (χ3n) is 8.22. The Hall–Kier alpha value is -5.69. The monoisotopic (exact) mass is 668 g/mol. The molecule has 0 aliphatic heterocycles. The van der Waals surface area contributed by atoms with E-state index in [2.05, 4.69) is 29.6 Å². The van der Waals surface area contributed by atoms with Gasteiger partial charge in [-0.15, -0.1) is 0 Å². The number of nitrogens with zero attached hydrogens (tertiary/aromatic N) is 1. The van der Waals surface area contributed by atoms with E-state index >= 15 is 0 Å². The van der Waals surface area contributed by atoms with Crippen molar-refractivity contribution in [2.75, 3.05) is 13.1 Å². The summed E-state index contributed by atoms with van der Waals surface area (Å²) in [5.74, 6) is -0.800. The van der Waals surface area contributed by atoms with E-state index in [1.807, 2.05) is 129 Å². The fourth-order valence-electron chi connectivity index (χ4n) is 5.68. The number of carbonyl (C=O) groups is 3. The van der Waals surface area contributed by atoms with E-state index in [0.29, 0.717) is 6.54 Å². The Bertz CT molecular complexity index is 1810. The lowest BCUT2D eigenvalue weighted by atomic mass is 9.93. The van der Waals surface area contributed by atoms with E-state index in [0.717, 1.165) is 38.9 Å². The minimum Gasteiger partial charge on any atom is -0.461 e. The lowest BCUT2D eigenvalue weighted by Crippen LogP contribution is -2.50. The van der Waals surface area contributed by atoms with E-state index < -0.39 is 24.0 Å². The zero-order chi connectivity index (χ0) is 35.1. The molecule has 0 saturated carbocycles. The van der Waals surface area contributed by atoms with Crippen LogP contribution in [-0.4, -0.2) is 42.0 Å². The molecule has 0 aromatic heterocycles. The smallest absolute Gasteiger partial charge is 0.329 e. The van der Waals surface area contributed by atoms with Crippen LogP contribution in [0.4, 0.5) is 4.79 Å². The van der Waals surface area contributed by atoms with Crippen LogP contribution >= 0.6 is 0 Å². The number of nitrogens with one attached hydrogen (secondary N) is 1. The minimum atomic E-state index is -0.951. The van der Waals surface area contributed by atoms with Gasteiger partial charge in [-0.3, -0.25) is 4.79 Å². The Morgan fingerprint density at radius 3 is 1.66 bits per heavy atom. The highest BCUT2D eigenvalue weighted by Crippen LogP contribution is 2.32. The van der Waals surface area contributed by atoms with Crippen molar-refractivity contribution in [1.82, 2.24) is 10.2 Å². The second-order valence-electron chi connectivity index (χ2n) is 12.6. The van der Waals surface area contributed by atoms with Gasteiger partial charge in [-0.05, 0) is 44.9 Å². The molecule has 50 heavy (non-hydrogen) atoms. The van der Waals surface area contributed by atoms with Crippen molar-refractivity contribution in [1.29, 1.82) is 0 Å². The Morgan fingerprint density at radius 2 is 1.10 bits per heavy atom. The molecule has 0 aliphatic carbocycles. The molecule has 0 bridgehead atoms. The van der Waals surface area contributed by atoms with Gasteiger partial charge in [0.1, 0.15) is 19.3 Å². The average molecular weight is 669 g/mol. The van der Waals surface area contributed by atoms with Gasteiger partial charge in [0, 0.05) is 19.5 Å². The van der Waals surface area contributed by atoms with Gasteiger partial charge >= 0.3 is 18.0 Å². The number of carbonyl (C=O) groups excluding carboxylic acids is 3. The molecule has 1 N–H and O–H groups in total. The number of hydrogen-bond acceptors (Lipinski definition) is 5. The Labute approximate surface area is 294 Å². The number of hydrogen-bond donors (Lipinski definition) is 1. The molecule has 1 atom stereocenters. The summed E-state index contributed by atoms with van der Waals surface area (Å²) in [5.41, 5.74) is 7.02. The molecule has 256 valence electrons. The molecule has 0 saturated heterocycles. The molecule has 7 heteroatoms. The standard InChI is InChI=1S/C43H44N2O5/c1-32(2)29-45(27-26-41(46)49-30-34-14-6-3-7-15-34)43(48)44-40(42(47)50-31-35-16-8-4-9-17-35)28-33-22-24-37(25-23-33)39-21-13-12-20-38(39)36-18-10-5-11-19-36/h3-25,32,40H,26-31H2,1-2H3,(H,44,48)/t40-/m0/s1. The molecular formula is C43H44N2O5. The van der Waals surface area contributed by atoms with Crippen molar-refractivity contribution in [3.8, 4) is 22.3 Å². The molecule has 5 aromatic rings. The molecule has 7 nitrogen and oxygen atoms in total. The zero-order valence-electron chi connectivity index (χ0n) is 28.7. The summed E-state index contributed by atoms with van der Waals surface area (Å²) in [6, 6.07) is 44.1. The Balaban J connectivity index is 1.29. The topological polar surface area (TPSA) is 84.9 Å². The molecule has 5 aromatic carbocycles. The van der Waals surface area contributed by atoms with Crippen LogP contribution in [0.5, 0.6) is 0 Å². The number of esters is 2. The van der Waals surface area contributed by atoms with Crippen LogP contribution in [0.1, 0.15) is 37.0 Å². The van der Waals surface area contributed by atoms with Crippen molar-refractivity contribution in [3.63, 3.8) is 0 Å². The summed E-state index contributed by atoms with van der Waals surface area (Å²) in [7, 11) is 0. The van der Waals surface area contributed by atoms with Crippen molar-refractivity contribution in [2.24, 2.45) is 5.92 Å². The summed E-state index contributed by atoms with van der Waals surface area (Å²) >= 11 is 0. The van der Waals surface area contributed by atoms with Crippen molar-refractivity contribution in [2.45, 2.75) is 45.9 Å². The first-order valence-electron chi connectivity index (χ1n) is 17.0. The second-order valence-corrected chi connectivity index (χ2v) is 12.6. The first kappa shape index (κ1) is 35.6. The predicted molar refractivity (Wildman–Crippen MR) is 197 cm³/mol. The van der Waals surface area contributed by atoms with Gasteiger partial charge in [0.25, 0.3) is 0 Å². The highest BCUT2D eigenvalue weighted by molar-refractivity contribution is 5.85. The first-order chi connectivity index (χ1) is 24.4. The van der Waals surface area contributed by atoms with Crippen LogP contribution in [0, 0.1) is 5.92 Å². The summed E-state index contributed by atoms with van der Waals surface area (Å²) in [6.45, 7) is 4.80. The maximum Gasteiger partial charge on any atom is 0.329 e. The maximum absolute atomic E-state index is 13.7. The number of ether oxygens (including phenoxy) is 2. The minimum absolute atomic E-state index is 0.0298. The predicted octanol–water partition coefficient (Wildman–Crippen LogP) is 8.48. The van der Waals surface area contributed by atoms with Crippen molar-refractivity contribution < 1.29 is 23.9 Å². The lowest BCUT2D eigenvalue weighted by Gasteiger charge is -2.27. The number of amides is 2. The summed E-state index contributed by atoms with van der Waals surface area (Å²) < 4.78 is 11.1. The lowest BCUT2D eigenvalue weighted by molar-refractivity contribution is -0.147. The van der Waals surface area contributed by atoms with Crippen LogP contribution in [0.25, 0.3) is 22.3 Å². The third kappa shape index (κ3) is 10.7. The van der Waals surface area contributed by atoms with Gasteiger partial charge < -0.3 is 19.7 Å². The average Bonchev–Trinajstić information content (AvgIpc) is 3.15. The third-order valence-corrected chi connectivity index (χ3v) is 8.22. The fraction of sp³-hybridized carbons (Fsp3) is 0.233. The number of benzene rings is 5. The van der Waals surface area contributed by atoms with E-state index in [4.69, 9.17) is 9.47 Å².